The second kappa shape index (κ2) is 9.19. The largest absolute Gasteiger partial charge is 0.378 e. The quantitative estimate of drug-likeness (QED) is 0.720. The molecule has 1 aliphatic heterocycles. The number of benzene rings is 2. The first-order chi connectivity index (χ1) is 13.1. The highest BCUT2D eigenvalue weighted by molar-refractivity contribution is 5.99. The number of hydrogen-bond acceptors (Lipinski definition) is 3. The third kappa shape index (κ3) is 5.82. The molecular formula is C21H25N3O3. The van der Waals surface area contributed by atoms with Crippen molar-refractivity contribution in [3.8, 4) is 0 Å². The van der Waals surface area contributed by atoms with Crippen molar-refractivity contribution in [1.29, 1.82) is 0 Å². The number of ether oxygens (including phenoxy) is 1. The van der Waals surface area contributed by atoms with Crippen molar-refractivity contribution < 1.29 is 14.3 Å². The van der Waals surface area contributed by atoms with Crippen LogP contribution >= 0.6 is 0 Å². The fourth-order valence-corrected chi connectivity index (χ4v) is 3.07. The van der Waals surface area contributed by atoms with E-state index in [4.69, 9.17) is 4.74 Å². The minimum absolute atomic E-state index is 0.00107. The fourth-order valence-electron chi connectivity index (χ4n) is 3.07. The van der Waals surface area contributed by atoms with E-state index in [0.29, 0.717) is 12.1 Å². The van der Waals surface area contributed by atoms with Crippen molar-refractivity contribution in [2.45, 2.75) is 38.3 Å². The molecule has 0 aromatic heterocycles. The van der Waals surface area contributed by atoms with E-state index in [2.05, 4.69) is 16.0 Å². The Balaban J connectivity index is 1.48. The van der Waals surface area contributed by atoms with Gasteiger partial charge in [0.25, 0.3) is 0 Å². The molecule has 2 aromatic carbocycles. The molecule has 0 radical (unpaired) electrons. The average molecular weight is 367 g/mol. The van der Waals surface area contributed by atoms with Crippen molar-refractivity contribution in [2.75, 3.05) is 17.2 Å². The summed E-state index contributed by atoms with van der Waals surface area (Å²) < 4.78 is 5.50. The Hall–Kier alpha value is -2.86. The van der Waals surface area contributed by atoms with Gasteiger partial charge in [-0.2, -0.15) is 0 Å². The molecule has 2 atom stereocenters. The second-order valence-corrected chi connectivity index (χ2v) is 6.70. The number of anilines is 2. The van der Waals surface area contributed by atoms with Crippen LogP contribution in [0.3, 0.4) is 0 Å². The molecule has 0 spiro atoms. The minimum Gasteiger partial charge on any atom is -0.378 e. The smallest absolute Gasteiger partial charge is 0.323 e. The molecule has 2 aromatic rings. The molecule has 142 valence electrons. The standard InChI is InChI=1S/C21H25N3O3/c1-15(22-20(25)14-19-8-5-13-27-19)16-9-11-18(12-10-16)24-21(26)23-17-6-3-2-4-7-17/h2-4,6-7,9-12,15,19H,5,8,13-14H2,1H3,(H,22,25)(H2,23,24,26)/t15-,19+/m1/s1. The first-order valence-electron chi connectivity index (χ1n) is 9.24. The highest BCUT2D eigenvalue weighted by Gasteiger charge is 2.20. The second-order valence-electron chi connectivity index (χ2n) is 6.70. The molecular weight excluding hydrogens is 342 g/mol. The highest BCUT2D eigenvalue weighted by Crippen LogP contribution is 2.19. The van der Waals surface area contributed by atoms with Crippen molar-refractivity contribution in [2.24, 2.45) is 0 Å². The van der Waals surface area contributed by atoms with E-state index in [0.717, 1.165) is 30.7 Å². The van der Waals surface area contributed by atoms with E-state index >= 15 is 0 Å². The first kappa shape index (κ1) is 18.9. The van der Waals surface area contributed by atoms with Crippen molar-refractivity contribution in [3.63, 3.8) is 0 Å². The molecule has 1 heterocycles. The summed E-state index contributed by atoms with van der Waals surface area (Å²) in [4.78, 5) is 24.1. The lowest BCUT2D eigenvalue weighted by Gasteiger charge is -2.16. The molecule has 0 unspecified atom stereocenters. The first-order valence-corrected chi connectivity index (χ1v) is 9.24. The van der Waals surface area contributed by atoms with Crippen LogP contribution in [-0.4, -0.2) is 24.6 Å². The molecule has 3 rings (SSSR count). The van der Waals surface area contributed by atoms with Crippen molar-refractivity contribution >= 4 is 23.3 Å². The van der Waals surface area contributed by atoms with Gasteiger partial charge in [-0.3, -0.25) is 4.79 Å². The number of para-hydroxylation sites is 1. The molecule has 0 bridgehead atoms. The van der Waals surface area contributed by atoms with Gasteiger partial charge in [0.1, 0.15) is 0 Å². The fraction of sp³-hybridized carbons (Fsp3) is 0.333. The number of carbonyl (C=O) groups excluding carboxylic acids is 2. The summed E-state index contributed by atoms with van der Waals surface area (Å²) in [6.45, 7) is 2.69. The predicted molar refractivity (Wildman–Crippen MR) is 106 cm³/mol. The zero-order valence-corrected chi connectivity index (χ0v) is 15.4. The molecule has 0 aliphatic carbocycles. The average Bonchev–Trinajstić information content (AvgIpc) is 3.15. The summed E-state index contributed by atoms with van der Waals surface area (Å²) in [6, 6.07) is 16.3. The number of rotatable bonds is 6. The summed E-state index contributed by atoms with van der Waals surface area (Å²) >= 11 is 0. The molecule has 6 nitrogen and oxygen atoms in total. The Labute approximate surface area is 159 Å². The Morgan fingerprint density at radius 2 is 1.70 bits per heavy atom. The minimum atomic E-state index is -0.299. The number of carbonyl (C=O) groups is 2. The van der Waals surface area contributed by atoms with E-state index in [1.807, 2.05) is 61.5 Å². The molecule has 3 amide bonds. The lowest BCUT2D eigenvalue weighted by Crippen LogP contribution is -2.29. The van der Waals surface area contributed by atoms with E-state index in [9.17, 15) is 9.59 Å². The van der Waals surface area contributed by atoms with Crippen LogP contribution in [0.25, 0.3) is 0 Å². The van der Waals surface area contributed by atoms with Crippen molar-refractivity contribution in [1.82, 2.24) is 5.32 Å². The van der Waals surface area contributed by atoms with Gasteiger partial charge in [0.05, 0.1) is 18.6 Å². The van der Waals surface area contributed by atoms with Crippen molar-refractivity contribution in [3.05, 3.63) is 60.2 Å². The Morgan fingerprint density at radius 3 is 2.33 bits per heavy atom. The molecule has 1 fully saturated rings. The van der Waals surface area contributed by atoms with Gasteiger partial charge in [0.15, 0.2) is 0 Å². The number of amides is 3. The highest BCUT2D eigenvalue weighted by atomic mass is 16.5. The molecule has 1 saturated heterocycles. The van der Waals surface area contributed by atoms with Gasteiger partial charge in [-0.15, -0.1) is 0 Å². The van der Waals surface area contributed by atoms with E-state index in [1.165, 1.54) is 0 Å². The van der Waals surface area contributed by atoms with E-state index < -0.39 is 0 Å². The van der Waals surface area contributed by atoms with Crippen LogP contribution in [0, 0.1) is 0 Å². The summed E-state index contributed by atoms with van der Waals surface area (Å²) in [6.07, 6.45) is 2.43. The normalized spacial score (nSPS) is 17.1. The van der Waals surface area contributed by atoms with Crippen LogP contribution in [0.1, 0.15) is 37.8 Å². The Kier molecular flexibility index (Phi) is 6.44. The van der Waals surface area contributed by atoms with Gasteiger partial charge in [0, 0.05) is 18.0 Å². The predicted octanol–water partition coefficient (Wildman–Crippen LogP) is 4.08. The molecule has 3 N–H and O–H groups in total. The SMILES string of the molecule is C[C@@H](NC(=O)C[C@@H]1CCCO1)c1ccc(NC(=O)Nc2ccccc2)cc1. The van der Waals surface area contributed by atoms with E-state index in [-0.39, 0.29) is 24.1 Å². The Bertz CT molecular complexity index is 756. The maximum Gasteiger partial charge on any atom is 0.323 e. The third-order valence-corrected chi connectivity index (χ3v) is 4.51. The van der Waals surface area contributed by atoms with Crippen LogP contribution in [0.4, 0.5) is 16.2 Å². The van der Waals surface area contributed by atoms with Gasteiger partial charge in [0.2, 0.25) is 5.91 Å². The molecule has 0 saturated carbocycles. The topological polar surface area (TPSA) is 79.5 Å². The molecule has 6 heteroatoms. The van der Waals surface area contributed by atoms with Gasteiger partial charge >= 0.3 is 6.03 Å². The van der Waals surface area contributed by atoms with Gasteiger partial charge in [-0.25, -0.2) is 4.79 Å². The summed E-state index contributed by atoms with van der Waals surface area (Å²) in [5.74, 6) is -0.00107. The Morgan fingerprint density at radius 1 is 1.04 bits per heavy atom. The lowest BCUT2D eigenvalue weighted by atomic mass is 10.1. The summed E-state index contributed by atoms with van der Waals surface area (Å²) in [5, 5.41) is 8.56. The van der Waals surface area contributed by atoms with Gasteiger partial charge < -0.3 is 20.7 Å². The maximum absolute atomic E-state index is 12.1. The van der Waals surface area contributed by atoms with Crippen LogP contribution < -0.4 is 16.0 Å². The molecule has 27 heavy (non-hydrogen) atoms. The van der Waals surface area contributed by atoms with Crippen LogP contribution in [0.2, 0.25) is 0 Å². The van der Waals surface area contributed by atoms with Gasteiger partial charge in [-0.1, -0.05) is 30.3 Å². The summed E-state index contributed by atoms with van der Waals surface area (Å²) in [7, 11) is 0. The number of hydrogen-bond donors (Lipinski definition) is 3. The van der Waals surface area contributed by atoms with E-state index in [1.54, 1.807) is 0 Å². The van der Waals surface area contributed by atoms with Crippen LogP contribution in [0.15, 0.2) is 54.6 Å². The lowest BCUT2D eigenvalue weighted by molar-refractivity contribution is -0.123. The monoisotopic (exact) mass is 367 g/mol. The number of urea groups is 1. The molecule has 1 aliphatic rings. The number of nitrogens with one attached hydrogen (secondary N) is 3. The third-order valence-electron chi connectivity index (χ3n) is 4.51. The van der Waals surface area contributed by atoms with Gasteiger partial charge in [-0.05, 0) is 49.6 Å². The zero-order valence-electron chi connectivity index (χ0n) is 15.4. The van der Waals surface area contributed by atoms with Crippen LogP contribution in [0.5, 0.6) is 0 Å². The summed E-state index contributed by atoms with van der Waals surface area (Å²) in [5.41, 5.74) is 2.39. The maximum atomic E-state index is 12.1. The zero-order chi connectivity index (χ0) is 19.1. The van der Waals surface area contributed by atoms with Crippen LogP contribution in [-0.2, 0) is 9.53 Å².